The van der Waals surface area contributed by atoms with E-state index >= 15 is 0 Å². The normalized spacial score (nSPS) is 18.4. The number of esters is 1. The lowest BCUT2D eigenvalue weighted by Gasteiger charge is -2.31. The second-order valence-corrected chi connectivity index (χ2v) is 4.68. The number of methoxy groups -OCH3 is 1. The lowest BCUT2D eigenvalue weighted by Crippen LogP contribution is -2.49. The molecule has 6 nitrogen and oxygen atoms in total. The van der Waals surface area contributed by atoms with E-state index in [4.69, 9.17) is 4.74 Å². The maximum atomic E-state index is 12.4. The Balaban J connectivity index is 2.18. The van der Waals surface area contributed by atoms with Crippen LogP contribution in [0.15, 0.2) is 24.3 Å². The van der Waals surface area contributed by atoms with Gasteiger partial charge in [-0.15, -0.1) is 13.2 Å². The zero-order chi connectivity index (χ0) is 17.0. The predicted octanol–water partition coefficient (Wildman–Crippen LogP) is 1.60. The van der Waals surface area contributed by atoms with Crippen molar-refractivity contribution in [1.29, 1.82) is 0 Å². The second kappa shape index (κ2) is 6.86. The van der Waals surface area contributed by atoms with Gasteiger partial charge in [-0.3, -0.25) is 4.79 Å². The van der Waals surface area contributed by atoms with E-state index in [1.807, 2.05) is 0 Å². The second-order valence-electron chi connectivity index (χ2n) is 4.68. The molecule has 126 valence electrons. The molecule has 1 heterocycles. The third-order valence-corrected chi connectivity index (χ3v) is 3.16. The highest BCUT2D eigenvalue weighted by Crippen LogP contribution is 2.27. The zero-order valence-electron chi connectivity index (χ0n) is 12.1. The van der Waals surface area contributed by atoms with Crippen LogP contribution in [0.4, 0.5) is 13.2 Å². The molecule has 9 heteroatoms. The summed E-state index contributed by atoms with van der Waals surface area (Å²) in [5.74, 6) is -1.92. The first-order valence-corrected chi connectivity index (χ1v) is 6.65. The molecular formula is C14H14F3NO5. The fourth-order valence-electron chi connectivity index (χ4n) is 2.14. The molecule has 2 rings (SSSR count). The molecule has 0 radical (unpaired) electrons. The molecule has 0 spiro atoms. The van der Waals surface area contributed by atoms with Crippen molar-refractivity contribution in [1.82, 2.24) is 4.90 Å². The lowest BCUT2D eigenvalue weighted by atomic mass is 10.1. The van der Waals surface area contributed by atoms with Gasteiger partial charge >= 0.3 is 12.3 Å². The van der Waals surface area contributed by atoms with Crippen molar-refractivity contribution in [3.05, 3.63) is 29.8 Å². The molecule has 1 aliphatic rings. The molecule has 0 aliphatic carbocycles. The summed E-state index contributed by atoms with van der Waals surface area (Å²) in [6.07, 6.45) is -5.87. The average molecular weight is 333 g/mol. The van der Waals surface area contributed by atoms with Gasteiger partial charge < -0.3 is 19.1 Å². The molecule has 0 bridgehead atoms. The minimum atomic E-state index is -4.91. The summed E-state index contributed by atoms with van der Waals surface area (Å²) in [5, 5.41) is 0. The van der Waals surface area contributed by atoms with Gasteiger partial charge in [0.1, 0.15) is 5.75 Å². The van der Waals surface area contributed by atoms with Crippen LogP contribution in [0.25, 0.3) is 0 Å². The highest BCUT2D eigenvalue weighted by Gasteiger charge is 2.35. The van der Waals surface area contributed by atoms with Crippen LogP contribution in [0.3, 0.4) is 0 Å². The van der Waals surface area contributed by atoms with Crippen molar-refractivity contribution in [3.63, 3.8) is 0 Å². The van der Waals surface area contributed by atoms with Crippen molar-refractivity contribution in [3.8, 4) is 5.75 Å². The fraction of sp³-hybridized carbons (Fsp3) is 0.429. The molecule has 1 aromatic carbocycles. The maximum Gasteiger partial charge on any atom is 0.573 e. The monoisotopic (exact) mass is 333 g/mol. The smallest absolute Gasteiger partial charge is 0.467 e. The fourth-order valence-corrected chi connectivity index (χ4v) is 2.14. The van der Waals surface area contributed by atoms with Gasteiger partial charge in [-0.2, -0.15) is 0 Å². The molecule has 1 saturated heterocycles. The third kappa shape index (κ3) is 4.35. The van der Waals surface area contributed by atoms with Gasteiger partial charge in [0.05, 0.1) is 25.8 Å². The first kappa shape index (κ1) is 17.1. The number of amides is 1. The molecule has 1 fully saturated rings. The Kier molecular flexibility index (Phi) is 5.09. The number of morpholine rings is 1. The predicted molar refractivity (Wildman–Crippen MR) is 70.8 cm³/mol. The number of nitrogens with zero attached hydrogens (tertiary/aromatic N) is 1. The van der Waals surface area contributed by atoms with E-state index in [2.05, 4.69) is 9.47 Å². The number of para-hydroxylation sites is 1. The summed E-state index contributed by atoms with van der Waals surface area (Å²) in [7, 11) is 1.18. The molecule has 0 unspecified atom stereocenters. The van der Waals surface area contributed by atoms with E-state index < -0.39 is 30.1 Å². The Morgan fingerprint density at radius 3 is 2.65 bits per heavy atom. The van der Waals surface area contributed by atoms with Gasteiger partial charge in [0.2, 0.25) is 0 Å². The van der Waals surface area contributed by atoms with E-state index in [1.54, 1.807) is 0 Å². The van der Waals surface area contributed by atoms with E-state index in [-0.39, 0.29) is 25.3 Å². The molecular weight excluding hydrogens is 319 g/mol. The first-order chi connectivity index (χ1) is 10.8. The number of halogens is 3. The largest absolute Gasteiger partial charge is 0.573 e. The zero-order valence-corrected chi connectivity index (χ0v) is 12.1. The number of hydrogen-bond donors (Lipinski definition) is 0. The Bertz CT molecular complexity index is 590. The molecule has 1 aromatic rings. The van der Waals surface area contributed by atoms with Gasteiger partial charge in [-0.1, -0.05) is 12.1 Å². The van der Waals surface area contributed by atoms with Crippen molar-refractivity contribution in [2.75, 3.05) is 26.8 Å². The van der Waals surface area contributed by atoms with Gasteiger partial charge in [0.25, 0.3) is 5.91 Å². The summed E-state index contributed by atoms with van der Waals surface area (Å²) in [6, 6.07) is 5.04. The standard InChI is InChI=1S/C14H14F3NO5/c1-21-13(20)11-8-18(6-7-22-11)12(19)9-4-2-3-5-10(9)23-14(15,16)17/h2-5,11H,6-8H2,1H3/t11-/m1/s1. The summed E-state index contributed by atoms with van der Waals surface area (Å²) in [6.45, 7) is 0.117. The van der Waals surface area contributed by atoms with Crippen LogP contribution in [-0.4, -0.2) is 56.0 Å². The molecule has 1 amide bonds. The summed E-state index contributed by atoms with van der Waals surface area (Å²) in [4.78, 5) is 25.1. The molecule has 0 saturated carbocycles. The van der Waals surface area contributed by atoms with Crippen LogP contribution in [0.5, 0.6) is 5.75 Å². The summed E-state index contributed by atoms with van der Waals surface area (Å²) >= 11 is 0. The number of benzene rings is 1. The molecule has 0 aromatic heterocycles. The van der Waals surface area contributed by atoms with Crippen LogP contribution < -0.4 is 4.74 Å². The minimum Gasteiger partial charge on any atom is -0.467 e. The van der Waals surface area contributed by atoms with Crippen LogP contribution in [0.2, 0.25) is 0 Å². The summed E-state index contributed by atoms with van der Waals surface area (Å²) in [5.41, 5.74) is -0.240. The number of rotatable bonds is 3. The van der Waals surface area contributed by atoms with E-state index in [0.29, 0.717) is 0 Å². The van der Waals surface area contributed by atoms with Crippen LogP contribution in [0.1, 0.15) is 10.4 Å². The van der Waals surface area contributed by atoms with E-state index in [0.717, 1.165) is 6.07 Å². The van der Waals surface area contributed by atoms with Gasteiger partial charge in [-0.05, 0) is 12.1 Å². The first-order valence-electron chi connectivity index (χ1n) is 6.65. The average Bonchev–Trinajstić information content (AvgIpc) is 2.52. The van der Waals surface area contributed by atoms with Crippen molar-refractivity contribution in [2.24, 2.45) is 0 Å². The van der Waals surface area contributed by atoms with Crippen LogP contribution in [-0.2, 0) is 14.3 Å². The molecule has 23 heavy (non-hydrogen) atoms. The van der Waals surface area contributed by atoms with E-state index in [9.17, 15) is 22.8 Å². The number of ether oxygens (including phenoxy) is 3. The Labute approximate surface area is 129 Å². The molecule has 0 N–H and O–H groups in total. The Morgan fingerprint density at radius 1 is 1.30 bits per heavy atom. The van der Waals surface area contributed by atoms with Gasteiger partial charge in [-0.25, -0.2) is 4.79 Å². The van der Waals surface area contributed by atoms with Gasteiger partial charge in [0.15, 0.2) is 6.10 Å². The van der Waals surface area contributed by atoms with Crippen molar-refractivity contribution < 1.29 is 37.0 Å². The van der Waals surface area contributed by atoms with Crippen molar-refractivity contribution in [2.45, 2.75) is 12.5 Å². The third-order valence-electron chi connectivity index (χ3n) is 3.16. The number of alkyl halides is 3. The number of carbonyl (C=O) groups is 2. The highest BCUT2D eigenvalue weighted by molar-refractivity contribution is 5.97. The quantitative estimate of drug-likeness (QED) is 0.786. The number of carbonyl (C=O) groups excluding carboxylic acids is 2. The minimum absolute atomic E-state index is 0.0772. The highest BCUT2D eigenvalue weighted by atomic mass is 19.4. The summed E-state index contributed by atoms with van der Waals surface area (Å²) < 4.78 is 50.8. The maximum absolute atomic E-state index is 12.4. The SMILES string of the molecule is COC(=O)[C@H]1CN(C(=O)c2ccccc2OC(F)(F)F)CCO1. The van der Waals surface area contributed by atoms with Crippen LogP contribution >= 0.6 is 0 Å². The van der Waals surface area contributed by atoms with Gasteiger partial charge in [0, 0.05) is 6.54 Å². The topological polar surface area (TPSA) is 65.1 Å². The van der Waals surface area contributed by atoms with Crippen molar-refractivity contribution >= 4 is 11.9 Å². The lowest BCUT2D eigenvalue weighted by molar-refractivity contribution is -0.274. The molecule has 1 atom stereocenters. The Morgan fingerprint density at radius 2 is 2.00 bits per heavy atom. The van der Waals surface area contributed by atoms with E-state index in [1.165, 1.54) is 30.2 Å². The molecule has 1 aliphatic heterocycles. The number of hydrogen-bond acceptors (Lipinski definition) is 5. The van der Waals surface area contributed by atoms with Crippen LogP contribution in [0, 0.1) is 0 Å². The Hall–Kier alpha value is -2.29.